The average molecular weight is 253 g/mol. The number of aliphatic hydroxyl groups is 1. The molecule has 0 saturated heterocycles. The van der Waals surface area contributed by atoms with Crippen LogP contribution in [0, 0.1) is 0 Å². The summed E-state index contributed by atoms with van der Waals surface area (Å²) >= 11 is 6.02. The molecular formula is C13H17ClN2O. The van der Waals surface area contributed by atoms with Crippen molar-refractivity contribution in [3.63, 3.8) is 0 Å². The second kappa shape index (κ2) is 4.67. The van der Waals surface area contributed by atoms with Crippen molar-refractivity contribution in [1.29, 1.82) is 0 Å². The van der Waals surface area contributed by atoms with Crippen molar-refractivity contribution in [2.24, 2.45) is 0 Å². The highest BCUT2D eigenvalue weighted by Crippen LogP contribution is 2.28. The van der Waals surface area contributed by atoms with Gasteiger partial charge in [0.05, 0.1) is 11.0 Å². The van der Waals surface area contributed by atoms with Gasteiger partial charge in [0.25, 0.3) is 0 Å². The SMILES string of the molecule is CC[C@H](C)n1c([C@H](C)O)nc2ccc(Cl)cc21. The van der Waals surface area contributed by atoms with E-state index in [9.17, 15) is 5.11 Å². The molecule has 0 spiro atoms. The fraction of sp³-hybridized carbons (Fsp3) is 0.462. The summed E-state index contributed by atoms with van der Waals surface area (Å²) in [4.78, 5) is 4.48. The number of aromatic nitrogens is 2. The molecule has 0 fully saturated rings. The molecule has 1 aromatic carbocycles. The van der Waals surface area contributed by atoms with Gasteiger partial charge >= 0.3 is 0 Å². The van der Waals surface area contributed by atoms with Crippen LogP contribution >= 0.6 is 11.6 Å². The molecule has 1 heterocycles. The number of hydrogen-bond acceptors (Lipinski definition) is 2. The highest BCUT2D eigenvalue weighted by Gasteiger charge is 2.18. The van der Waals surface area contributed by atoms with Crippen molar-refractivity contribution >= 4 is 22.6 Å². The van der Waals surface area contributed by atoms with Gasteiger partial charge in [0.15, 0.2) is 0 Å². The molecule has 0 amide bonds. The average Bonchev–Trinajstić information content (AvgIpc) is 2.66. The predicted molar refractivity (Wildman–Crippen MR) is 70.4 cm³/mol. The second-order valence-electron chi connectivity index (χ2n) is 4.41. The zero-order valence-corrected chi connectivity index (χ0v) is 11.1. The Morgan fingerprint density at radius 3 is 2.71 bits per heavy atom. The van der Waals surface area contributed by atoms with Crippen molar-refractivity contribution < 1.29 is 5.11 Å². The smallest absolute Gasteiger partial charge is 0.138 e. The Hall–Kier alpha value is -1.06. The van der Waals surface area contributed by atoms with E-state index >= 15 is 0 Å². The van der Waals surface area contributed by atoms with Gasteiger partial charge in [-0.25, -0.2) is 4.98 Å². The van der Waals surface area contributed by atoms with Gasteiger partial charge in [-0.1, -0.05) is 18.5 Å². The van der Waals surface area contributed by atoms with E-state index in [4.69, 9.17) is 11.6 Å². The minimum absolute atomic E-state index is 0.295. The monoisotopic (exact) mass is 252 g/mol. The number of imidazole rings is 1. The van der Waals surface area contributed by atoms with E-state index in [1.165, 1.54) is 0 Å². The third-order valence-electron chi connectivity index (χ3n) is 3.08. The van der Waals surface area contributed by atoms with Gasteiger partial charge < -0.3 is 9.67 Å². The molecule has 0 saturated carbocycles. The lowest BCUT2D eigenvalue weighted by Gasteiger charge is -2.17. The Morgan fingerprint density at radius 1 is 1.41 bits per heavy atom. The molecule has 2 aromatic rings. The summed E-state index contributed by atoms with van der Waals surface area (Å²) in [6, 6.07) is 5.91. The van der Waals surface area contributed by atoms with E-state index in [0.717, 1.165) is 17.5 Å². The summed E-state index contributed by atoms with van der Waals surface area (Å²) in [5.74, 6) is 0.705. The number of fused-ring (bicyclic) bond motifs is 1. The third kappa shape index (κ3) is 2.17. The first kappa shape index (κ1) is 12.4. The second-order valence-corrected chi connectivity index (χ2v) is 4.84. The van der Waals surface area contributed by atoms with Crippen LogP contribution < -0.4 is 0 Å². The number of benzene rings is 1. The number of halogens is 1. The lowest BCUT2D eigenvalue weighted by molar-refractivity contribution is 0.182. The van der Waals surface area contributed by atoms with E-state index in [1.54, 1.807) is 6.92 Å². The van der Waals surface area contributed by atoms with Crippen molar-refractivity contribution in [2.45, 2.75) is 39.3 Å². The lowest BCUT2D eigenvalue weighted by atomic mass is 10.2. The summed E-state index contributed by atoms with van der Waals surface area (Å²) in [5, 5.41) is 10.5. The summed E-state index contributed by atoms with van der Waals surface area (Å²) in [7, 11) is 0. The van der Waals surface area contributed by atoms with Gasteiger partial charge in [0.1, 0.15) is 11.9 Å². The van der Waals surface area contributed by atoms with Gasteiger partial charge in [-0.05, 0) is 38.5 Å². The Balaban J connectivity index is 2.73. The van der Waals surface area contributed by atoms with E-state index in [-0.39, 0.29) is 0 Å². The van der Waals surface area contributed by atoms with Crippen LogP contribution in [0.2, 0.25) is 5.02 Å². The molecule has 17 heavy (non-hydrogen) atoms. The maximum Gasteiger partial charge on any atom is 0.138 e. The molecule has 0 radical (unpaired) electrons. The lowest BCUT2D eigenvalue weighted by Crippen LogP contribution is -2.10. The molecule has 1 N–H and O–H groups in total. The first-order valence-electron chi connectivity index (χ1n) is 5.90. The maximum absolute atomic E-state index is 9.80. The first-order chi connectivity index (χ1) is 8.04. The van der Waals surface area contributed by atoms with Crippen molar-refractivity contribution in [2.75, 3.05) is 0 Å². The quantitative estimate of drug-likeness (QED) is 0.904. The molecular weight excluding hydrogens is 236 g/mol. The molecule has 92 valence electrons. The van der Waals surface area contributed by atoms with Gasteiger partial charge in [0.2, 0.25) is 0 Å². The third-order valence-corrected chi connectivity index (χ3v) is 3.32. The van der Waals surface area contributed by atoms with Crippen LogP contribution in [0.4, 0.5) is 0 Å². The zero-order valence-electron chi connectivity index (χ0n) is 10.3. The molecule has 2 atom stereocenters. The number of rotatable bonds is 3. The van der Waals surface area contributed by atoms with Crippen LogP contribution in [0.3, 0.4) is 0 Å². The molecule has 0 aliphatic carbocycles. The van der Waals surface area contributed by atoms with Crippen LogP contribution in [0.5, 0.6) is 0 Å². The molecule has 4 heteroatoms. The Bertz CT molecular complexity index is 533. The minimum Gasteiger partial charge on any atom is -0.385 e. The molecule has 3 nitrogen and oxygen atoms in total. The van der Waals surface area contributed by atoms with Crippen LogP contribution in [-0.2, 0) is 0 Å². The van der Waals surface area contributed by atoms with Crippen LogP contribution in [-0.4, -0.2) is 14.7 Å². The highest BCUT2D eigenvalue weighted by molar-refractivity contribution is 6.31. The van der Waals surface area contributed by atoms with Crippen LogP contribution in [0.1, 0.15) is 45.2 Å². The van der Waals surface area contributed by atoms with Gasteiger partial charge in [-0.15, -0.1) is 0 Å². The Kier molecular flexibility index (Phi) is 3.40. The number of hydrogen-bond donors (Lipinski definition) is 1. The van der Waals surface area contributed by atoms with Crippen molar-refractivity contribution in [3.8, 4) is 0 Å². The summed E-state index contributed by atoms with van der Waals surface area (Å²) < 4.78 is 2.08. The summed E-state index contributed by atoms with van der Waals surface area (Å²) in [6.07, 6.45) is 0.410. The number of nitrogens with zero attached hydrogens (tertiary/aromatic N) is 2. The topological polar surface area (TPSA) is 38.0 Å². The molecule has 0 bridgehead atoms. The largest absolute Gasteiger partial charge is 0.385 e. The zero-order chi connectivity index (χ0) is 12.6. The summed E-state index contributed by atoms with van der Waals surface area (Å²) in [5.41, 5.74) is 1.87. The van der Waals surface area contributed by atoms with Gasteiger partial charge in [-0.2, -0.15) is 0 Å². The van der Waals surface area contributed by atoms with Crippen molar-refractivity contribution in [1.82, 2.24) is 9.55 Å². The van der Waals surface area contributed by atoms with Gasteiger partial charge in [-0.3, -0.25) is 0 Å². The van der Waals surface area contributed by atoms with E-state index < -0.39 is 6.10 Å². The molecule has 2 rings (SSSR count). The van der Waals surface area contributed by atoms with Crippen LogP contribution in [0.15, 0.2) is 18.2 Å². The fourth-order valence-corrected chi connectivity index (χ4v) is 2.19. The first-order valence-corrected chi connectivity index (χ1v) is 6.27. The summed E-state index contributed by atoms with van der Waals surface area (Å²) in [6.45, 7) is 5.97. The molecule has 0 unspecified atom stereocenters. The minimum atomic E-state index is -0.574. The standard InChI is InChI=1S/C13H17ClN2O/c1-4-8(2)16-12-7-10(14)5-6-11(12)15-13(16)9(3)17/h5-9,17H,4H2,1-3H3/t8-,9-/m0/s1. The van der Waals surface area contributed by atoms with Gasteiger partial charge in [0, 0.05) is 11.1 Å². The van der Waals surface area contributed by atoms with Crippen LogP contribution in [0.25, 0.3) is 11.0 Å². The highest BCUT2D eigenvalue weighted by atomic mass is 35.5. The molecule has 0 aliphatic rings. The van der Waals surface area contributed by atoms with Crippen molar-refractivity contribution in [3.05, 3.63) is 29.0 Å². The normalized spacial score (nSPS) is 15.1. The Labute approximate surface area is 106 Å². The fourth-order valence-electron chi connectivity index (χ4n) is 2.03. The Morgan fingerprint density at radius 2 is 2.12 bits per heavy atom. The van der Waals surface area contributed by atoms with E-state index in [0.29, 0.717) is 16.9 Å². The van der Waals surface area contributed by atoms with E-state index in [1.807, 2.05) is 18.2 Å². The maximum atomic E-state index is 9.80. The number of aliphatic hydroxyl groups excluding tert-OH is 1. The molecule has 1 aromatic heterocycles. The predicted octanol–water partition coefficient (Wildman–Crippen LogP) is 3.71. The molecule has 0 aliphatic heterocycles. The van der Waals surface area contributed by atoms with E-state index in [2.05, 4.69) is 23.4 Å².